The van der Waals surface area contributed by atoms with Crippen LogP contribution >= 0.6 is 0 Å². The molecule has 0 radical (unpaired) electrons. The van der Waals surface area contributed by atoms with Crippen LogP contribution in [0.15, 0.2) is 0 Å². The van der Waals surface area contributed by atoms with E-state index in [0.717, 1.165) is 11.6 Å². The number of hydrogen-bond acceptors (Lipinski definition) is 3. The molecule has 4 heteroatoms. The predicted molar refractivity (Wildman–Crippen MR) is 52.6 cm³/mol. The van der Waals surface area contributed by atoms with E-state index in [1.54, 1.807) is 0 Å². The first-order chi connectivity index (χ1) is 6.06. The van der Waals surface area contributed by atoms with E-state index < -0.39 is 0 Å². The second-order valence-corrected chi connectivity index (χ2v) is 3.74. The third-order valence-electron chi connectivity index (χ3n) is 2.12. The molecule has 0 aliphatic carbocycles. The SMILES string of the molecule is CC(C)c1nc(C(C)CN)n(C)n1. The van der Waals surface area contributed by atoms with Crippen LogP contribution in [0.5, 0.6) is 0 Å². The van der Waals surface area contributed by atoms with Crippen molar-refractivity contribution in [3.8, 4) is 0 Å². The Labute approximate surface area is 79.2 Å². The fraction of sp³-hybridized carbons (Fsp3) is 0.778. The molecular formula is C9H18N4. The van der Waals surface area contributed by atoms with Gasteiger partial charge in [-0.05, 0) is 0 Å². The van der Waals surface area contributed by atoms with Crippen molar-refractivity contribution in [1.29, 1.82) is 0 Å². The summed E-state index contributed by atoms with van der Waals surface area (Å²) in [5, 5.41) is 4.33. The topological polar surface area (TPSA) is 56.7 Å². The molecule has 1 unspecified atom stereocenters. The number of nitrogens with zero attached hydrogens (tertiary/aromatic N) is 3. The van der Waals surface area contributed by atoms with Crippen molar-refractivity contribution in [2.24, 2.45) is 12.8 Å². The molecule has 2 N–H and O–H groups in total. The minimum absolute atomic E-state index is 0.282. The van der Waals surface area contributed by atoms with Gasteiger partial charge in [-0.1, -0.05) is 20.8 Å². The summed E-state index contributed by atoms with van der Waals surface area (Å²) in [6.07, 6.45) is 0. The molecule has 1 atom stereocenters. The highest BCUT2D eigenvalue weighted by Crippen LogP contribution is 2.14. The molecular weight excluding hydrogens is 164 g/mol. The number of aromatic nitrogens is 3. The molecule has 13 heavy (non-hydrogen) atoms. The molecule has 0 fully saturated rings. The predicted octanol–water partition coefficient (Wildman–Crippen LogP) is 1.00. The number of nitrogens with two attached hydrogens (primary N) is 1. The van der Waals surface area contributed by atoms with Crippen LogP contribution in [0.4, 0.5) is 0 Å². The van der Waals surface area contributed by atoms with E-state index in [1.165, 1.54) is 0 Å². The van der Waals surface area contributed by atoms with Crippen LogP contribution in [0.3, 0.4) is 0 Å². The second-order valence-electron chi connectivity index (χ2n) is 3.74. The summed E-state index contributed by atoms with van der Waals surface area (Å²) in [7, 11) is 1.92. The minimum Gasteiger partial charge on any atom is -0.330 e. The fourth-order valence-electron chi connectivity index (χ4n) is 1.20. The summed E-state index contributed by atoms with van der Waals surface area (Å²) >= 11 is 0. The standard InChI is InChI=1S/C9H18N4/c1-6(2)8-11-9(7(3)5-10)13(4)12-8/h6-7H,5,10H2,1-4H3. The van der Waals surface area contributed by atoms with E-state index in [0.29, 0.717) is 12.5 Å². The van der Waals surface area contributed by atoms with Crippen molar-refractivity contribution in [1.82, 2.24) is 14.8 Å². The van der Waals surface area contributed by atoms with Crippen LogP contribution in [0.2, 0.25) is 0 Å². The Kier molecular flexibility index (Phi) is 3.03. The van der Waals surface area contributed by atoms with Crippen molar-refractivity contribution in [3.05, 3.63) is 11.6 Å². The lowest BCUT2D eigenvalue weighted by atomic mass is 10.1. The maximum absolute atomic E-state index is 5.58. The average molecular weight is 182 g/mol. The molecule has 0 saturated heterocycles. The maximum Gasteiger partial charge on any atom is 0.153 e. The largest absolute Gasteiger partial charge is 0.330 e. The third-order valence-corrected chi connectivity index (χ3v) is 2.12. The normalized spacial score (nSPS) is 13.7. The zero-order valence-corrected chi connectivity index (χ0v) is 8.78. The smallest absolute Gasteiger partial charge is 0.153 e. The highest BCUT2D eigenvalue weighted by molar-refractivity contribution is 5.01. The van der Waals surface area contributed by atoms with Gasteiger partial charge >= 0.3 is 0 Å². The molecule has 0 saturated carbocycles. The van der Waals surface area contributed by atoms with Gasteiger partial charge in [-0.2, -0.15) is 5.10 Å². The zero-order valence-electron chi connectivity index (χ0n) is 8.78. The van der Waals surface area contributed by atoms with Crippen molar-refractivity contribution in [3.63, 3.8) is 0 Å². The van der Waals surface area contributed by atoms with Crippen molar-refractivity contribution < 1.29 is 0 Å². The van der Waals surface area contributed by atoms with E-state index in [9.17, 15) is 0 Å². The summed E-state index contributed by atoms with van der Waals surface area (Å²) in [6.45, 7) is 6.86. The Morgan fingerprint density at radius 3 is 2.38 bits per heavy atom. The van der Waals surface area contributed by atoms with E-state index >= 15 is 0 Å². The van der Waals surface area contributed by atoms with Gasteiger partial charge in [-0.3, -0.25) is 4.68 Å². The van der Waals surface area contributed by atoms with Gasteiger partial charge < -0.3 is 5.73 Å². The van der Waals surface area contributed by atoms with Gasteiger partial charge in [0.05, 0.1) is 0 Å². The lowest BCUT2D eigenvalue weighted by Gasteiger charge is -2.05. The Hall–Kier alpha value is -0.900. The van der Waals surface area contributed by atoms with Crippen LogP contribution < -0.4 is 5.73 Å². The number of aryl methyl sites for hydroxylation is 1. The average Bonchev–Trinajstić information content (AvgIpc) is 2.46. The van der Waals surface area contributed by atoms with Gasteiger partial charge in [0.1, 0.15) is 5.82 Å². The van der Waals surface area contributed by atoms with E-state index in [4.69, 9.17) is 5.73 Å². The summed E-state index contributed by atoms with van der Waals surface area (Å²) in [5.41, 5.74) is 5.58. The second kappa shape index (κ2) is 3.87. The Morgan fingerprint density at radius 1 is 1.38 bits per heavy atom. The summed E-state index contributed by atoms with van der Waals surface area (Å²) in [4.78, 5) is 4.45. The first-order valence-corrected chi connectivity index (χ1v) is 4.67. The molecule has 1 aromatic heterocycles. The first kappa shape index (κ1) is 10.2. The van der Waals surface area contributed by atoms with Gasteiger partial charge in [0.25, 0.3) is 0 Å². The van der Waals surface area contributed by atoms with E-state index in [-0.39, 0.29) is 5.92 Å². The fourth-order valence-corrected chi connectivity index (χ4v) is 1.20. The molecule has 0 amide bonds. The third kappa shape index (κ3) is 2.06. The van der Waals surface area contributed by atoms with Crippen molar-refractivity contribution >= 4 is 0 Å². The van der Waals surface area contributed by atoms with E-state index in [2.05, 4.69) is 30.9 Å². The molecule has 0 aromatic carbocycles. The molecule has 4 nitrogen and oxygen atoms in total. The summed E-state index contributed by atoms with van der Waals surface area (Å²) in [5.74, 6) is 2.54. The highest BCUT2D eigenvalue weighted by Gasteiger charge is 2.14. The minimum atomic E-state index is 0.282. The van der Waals surface area contributed by atoms with Gasteiger partial charge in [0.15, 0.2) is 5.82 Å². The van der Waals surface area contributed by atoms with Gasteiger partial charge in [-0.15, -0.1) is 0 Å². The zero-order chi connectivity index (χ0) is 10.0. The molecule has 1 aromatic rings. The van der Waals surface area contributed by atoms with Gasteiger partial charge in [-0.25, -0.2) is 4.98 Å². The Bertz CT molecular complexity index is 277. The van der Waals surface area contributed by atoms with Crippen LogP contribution in [-0.4, -0.2) is 21.3 Å². The molecule has 0 aliphatic rings. The van der Waals surface area contributed by atoms with Crippen LogP contribution in [0.25, 0.3) is 0 Å². The number of hydrogen-bond donors (Lipinski definition) is 1. The van der Waals surface area contributed by atoms with Crippen LogP contribution in [0.1, 0.15) is 44.3 Å². The van der Waals surface area contributed by atoms with Crippen LogP contribution in [-0.2, 0) is 7.05 Å². The lowest BCUT2D eigenvalue weighted by Crippen LogP contribution is -2.13. The molecule has 1 rings (SSSR count). The summed E-state index contributed by atoms with van der Waals surface area (Å²) < 4.78 is 1.83. The maximum atomic E-state index is 5.58. The lowest BCUT2D eigenvalue weighted by molar-refractivity contribution is 0.625. The molecule has 0 aliphatic heterocycles. The highest BCUT2D eigenvalue weighted by atomic mass is 15.3. The molecule has 74 valence electrons. The number of rotatable bonds is 3. The molecule has 0 spiro atoms. The summed E-state index contributed by atoms with van der Waals surface area (Å²) in [6, 6.07) is 0. The Morgan fingerprint density at radius 2 is 2.00 bits per heavy atom. The van der Waals surface area contributed by atoms with Crippen molar-refractivity contribution in [2.75, 3.05) is 6.54 Å². The quantitative estimate of drug-likeness (QED) is 0.758. The molecule has 0 bridgehead atoms. The monoisotopic (exact) mass is 182 g/mol. The van der Waals surface area contributed by atoms with Gasteiger partial charge in [0.2, 0.25) is 0 Å². The van der Waals surface area contributed by atoms with Crippen molar-refractivity contribution in [2.45, 2.75) is 32.6 Å². The Balaban J connectivity index is 2.96. The van der Waals surface area contributed by atoms with E-state index in [1.807, 2.05) is 11.7 Å². The first-order valence-electron chi connectivity index (χ1n) is 4.67. The van der Waals surface area contributed by atoms with Crippen LogP contribution in [0, 0.1) is 0 Å². The van der Waals surface area contributed by atoms with Gasteiger partial charge in [0, 0.05) is 25.4 Å². The molecule has 1 heterocycles.